The Morgan fingerprint density at radius 1 is 1.40 bits per heavy atom. The van der Waals surface area contributed by atoms with Gasteiger partial charge in [-0.05, 0) is 47.9 Å². The summed E-state index contributed by atoms with van der Waals surface area (Å²) in [6, 6.07) is 1.82. The molecule has 0 spiro atoms. The van der Waals surface area contributed by atoms with Crippen LogP contribution in [0.25, 0.3) is 0 Å². The van der Waals surface area contributed by atoms with E-state index in [1.807, 2.05) is 41.8 Å². The van der Waals surface area contributed by atoms with Crippen LogP contribution in [-0.4, -0.2) is 28.2 Å². The zero-order valence-corrected chi connectivity index (χ0v) is 15.5. The molecule has 132 valence electrons. The molecule has 0 saturated carbocycles. The average molecular weight is 357 g/mol. The Hall–Kier alpha value is -2.21. The second-order valence-corrected chi connectivity index (χ2v) is 7.12. The molecule has 0 saturated heterocycles. The van der Waals surface area contributed by atoms with Crippen LogP contribution in [-0.2, 0) is 24.3 Å². The molecule has 0 unspecified atom stereocenters. The lowest BCUT2D eigenvalue weighted by Crippen LogP contribution is -2.37. The second-order valence-electron chi connectivity index (χ2n) is 6.34. The zero-order chi connectivity index (χ0) is 17.8. The summed E-state index contributed by atoms with van der Waals surface area (Å²) in [4.78, 5) is 30.7. The number of thiophene rings is 1. The number of rotatable bonds is 5. The Morgan fingerprint density at radius 3 is 2.96 bits per heavy atom. The van der Waals surface area contributed by atoms with E-state index in [4.69, 9.17) is 0 Å². The first-order chi connectivity index (χ1) is 12.1. The Kier molecular flexibility index (Phi) is 5.48. The lowest BCUT2D eigenvalue weighted by molar-refractivity contribution is -0.132. The summed E-state index contributed by atoms with van der Waals surface area (Å²) in [5.74, 6) is 0.148. The first-order valence-electron chi connectivity index (χ1n) is 8.64. The number of amides is 2. The van der Waals surface area contributed by atoms with Gasteiger partial charge in [-0.15, -0.1) is 0 Å². The number of fused-ring (bicyclic) bond motifs is 1. The fourth-order valence-corrected chi connectivity index (χ4v) is 3.84. The SMILES string of the molecule is CCCC(=O)N1CCc2c(cnc(C)c2CNC(=O)c2ccsc2)C1. The fraction of sp³-hybridized carbons (Fsp3) is 0.421. The molecule has 0 fully saturated rings. The van der Waals surface area contributed by atoms with Gasteiger partial charge >= 0.3 is 0 Å². The van der Waals surface area contributed by atoms with Crippen LogP contribution in [0.2, 0.25) is 0 Å². The average Bonchev–Trinajstić information content (AvgIpc) is 3.15. The maximum atomic E-state index is 12.2. The minimum absolute atomic E-state index is 0.0613. The maximum absolute atomic E-state index is 12.2. The molecule has 25 heavy (non-hydrogen) atoms. The highest BCUT2D eigenvalue weighted by Crippen LogP contribution is 2.24. The Labute approximate surface area is 152 Å². The van der Waals surface area contributed by atoms with Gasteiger partial charge in [0.1, 0.15) is 0 Å². The van der Waals surface area contributed by atoms with Crippen LogP contribution in [0.3, 0.4) is 0 Å². The van der Waals surface area contributed by atoms with Crippen molar-refractivity contribution in [2.75, 3.05) is 6.54 Å². The summed E-state index contributed by atoms with van der Waals surface area (Å²) < 4.78 is 0. The number of hydrogen-bond donors (Lipinski definition) is 1. The van der Waals surface area contributed by atoms with Gasteiger partial charge in [0, 0.05) is 48.9 Å². The van der Waals surface area contributed by atoms with Crippen LogP contribution in [0, 0.1) is 6.92 Å². The molecule has 5 nitrogen and oxygen atoms in total. The molecular weight excluding hydrogens is 334 g/mol. The van der Waals surface area contributed by atoms with Gasteiger partial charge in [0.2, 0.25) is 5.91 Å². The van der Waals surface area contributed by atoms with E-state index in [1.165, 1.54) is 16.9 Å². The molecule has 0 bridgehead atoms. The standard InChI is InChI=1S/C19H23N3O2S/c1-3-4-18(23)22-7-5-16-15(11-22)9-20-13(2)17(16)10-21-19(24)14-6-8-25-12-14/h6,8-9,12H,3-5,7,10-11H2,1-2H3,(H,21,24). The molecule has 1 aliphatic heterocycles. The van der Waals surface area contributed by atoms with Gasteiger partial charge in [-0.1, -0.05) is 6.92 Å². The van der Waals surface area contributed by atoms with Crippen LogP contribution >= 0.6 is 11.3 Å². The molecule has 0 aliphatic carbocycles. The lowest BCUT2D eigenvalue weighted by atomic mass is 9.94. The van der Waals surface area contributed by atoms with Crippen molar-refractivity contribution >= 4 is 23.2 Å². The molecule has 3 rings (SSSR count). The highest BCUT2D eigenvalue weighted by atomic mass is 32.1. The number of carbonyl (C=O) groups is 2. The number of hydrogen-bond acceptors (Lipinski definition) is 4. The number of aryl methyl sites for hydroxylation is 1. The predicted molar refractivity (Wildman–Crippen MR) is 98.5 cm³/mol. The molecule has 2 aromatic heterocycles. The minimum Gasteiger partial charge on any atom is -0.348 e. The van der Waals surface area contributed by atoms with Crippen LogP contribution < -0.4 is 5.32 Å². The van der Waals surface area contributed by atoms with Gasteiger partial charge in [0.25, 0.3) is 5.91 Å². The predicted octanol–water partition coefficient (Wildman–Crippen LogP) is 3.07. The summed E-state index contributed by atoms with van der Waals surface area (Å²) in [6.07, 6.45) is 4.16. The summed E-state index contributed by atoms with van der Waals surface area (Å²) in [5.41, 5.74) is 5.05. The molecule has 1 aliphatic rings. The van der Waals surface area contributed by atoms with E-state index in [9.17, 15) is 9.59 Å². The third kappa shape index (κ3) is 3.90. The molecule has 1 N–H and O–H groups in total. The van der Waals surface area contributed by atoms with E-state index in [2.05, 4.69) is 10.3 Å². The van der Waals surface area contributed by atoms with Crippen molar-refractivity contribution in [3.05, 3.63) is 51.0 Å². The van der Waals surface area contributed by atoms with Crippen molar-refractivity contribution in [2.24, 2.45) is 0 Å². The van der Waals surface area contributed by atoms with Crippen molar-refractivity contribution in [1.29, 1.82) is 0 Å². The first kappa shape index (κ1) is 17.6. The molecule has 6 heteroatoms. The van der Waals surface area contributed by atoms with Crippen molar-refractivity contribution in [3.63, 3.8) is 0 Å². The highest BCUT2D eigenvalue weighted by Gasteiger charge is 2.23. The summed E-state index contributed by atoms with van der Waals surface area (Å²) >= 11 is 1.51. The molecular formula is C19H23N3O2S. The van der Waals surface area contributed by atoms with Gasteiger partial charge in [-0.25, -0.2) is 0 Å². The number of pyridine rings is 1. The third-order valence-electron chi connectivity index (χ3n) is 4.62. The molecule has 2 aromatic rings. The molecule has 3 heterocycles. The summed E-state index contributed by atoms with van der Waals surface area (Å²) in [7, 11) is 0. The number of nitrogens with one attached hydrogen (secondary N) is 1. The van der Waals surface area contributed by atoms with Crippen molar-refractivity contribution < 1.29 is 9.59 Å². The largest absolute Gasteiger partial charge is 0.348 e. The van der Waals surface area contributed by atoms with Crippen LogP contribution in [0.1, 0.15) is 52.5 Å². The first-order valence-corrected chi connectivity index (χ1v) is 9.58. The number of aromatic nitrogens is 1. The molecule has 0 radical (unpaired) electrons. The van der Waals surface area contributed by atoms with E-state index >= 15 is 0 Å². The normalized spacial score (nSPS) is 13.4. The van der Waals surface area contributed by atoms with E-state index in [-0.39, 0.29) is 11.8 Å². The minimum atomic E-state index is -0.0613. The number of carbonyl (C=O) groups excluding carboxylic acids is 2. The quantitative estimate of drug-likeness (QED) is 0.894. The zero-order valence-electron chi connectivity index (χ0n) is 14.7. The van der Waals surface area contributed by atoms with Gasteiger partial charge in [0.15, 0.2) is 0 Å². The van der Waals surface area contributed by atoms with Crippen molar-refractivity contribution in [1.82, 2.24) is 15.2 Å². The van der Waals surface area contributed by atoms with Gasteiger partial charge in [0.05, 0.1) is 0 Å². The smallest absolute Gasteiger partial charge is 0.252 e. The van der Waals surface area contributed by atoms with Gasteiger partial charge in [-0.2, -0.15) is 11.3 Å². The topological polar surface area (TPSA) is 62.3 Å². The van der Waals surface area contributed by atoms with Gasteiger partial charge in [-0.3, -0.25) is 14.6 Å². The fourth-order valence-electron chi connectivity index (χ4n) is 3.21. The van der Waals surface area contributed by atoms with E-state index in [0.717, 1.165) is 36.2 Å². The Bertz CT molecular complexity index is 771. The number of nitrogens with zero attached hydrogens (tertiary/aromatic N) is 2. The second kappa shape index (κ2) is 7.78. The Balaban J connectivity index is 1.74. The van der Waals surface area contributed by atoms with E-state index < -0.39 is 0 Å². The maximum Gasteiger partial charge on any atom is 0.252 e. The van der Waals surface area contributed by atoms with Crippen molar-refractivity contribution in [2.45, 2.75) is 46.2 Å². The van der Waals surface area contributed by atoms with Gasteiger partial charge < -0.3 is 10.2 Å². The molecule has 2 amide bonds. The van der Waals surface area contributed by atoms with E-state index in [1.54, 1.807) is 0 Å². The Morgan fingerprint density at radius 2 is 2.24 bits per heavy atom. The third-order valence-corrected chi connectivity index (χ3v) is 5.30. The van der Waals surface area contributed by atoms with Crippen molar-refractivity contribution in [3.8, 4) is 0 Å². The summed E-state index contributed by atoms with van der Waals surface area (Å²) in [5, 5.41) is 6.74. The van der Waals surface area contributed by atoms with Crippen LogP contribution in [0.4, 0.5) is 0 Å². The van der Waals surface area contributed by atoms with Crippen LogP contribution in [0.5, 0.6) is 0 Å². The molecule has 0 aromatic carbocycles. The highest BCUT2D eigenvalue weighted by molar-refractivity contribution is 7.08. The van der Waals surface area contributed by atoms with Crippen LogP contribution in [0.15, 0.2) is 23.0 Å². The van der Waals surface area contributed by atoms with E-state index in [0.29, 0.717) is 25.1 Å². The molecule has 0 atom stereocenters. The lowest BCUT2D eigenvalue weighted by Gasteiger charge is -2.30. The summed E-state index contributed by atoms with van der Waals surface area (Å²) in [6.45, 7) is 5.82. The monoisotopic (exact) mass is 357 g/mol.